The lowest BCUT2D eigenvalue weighted by atomic mass is 10.1. The Kier molecular flexibility index (Phi) is 6.84. The highest BCUT2D eigenvalue weighted by molar-refractivity contribution is 7.22. The molecule has 4 aromatic rings. The summed E-state index contributed by atoms with van der Waals surface area (Å²) < 4.78 is 16.7. The lowest BCUT2D eigenvalue weighted by Gasteiger charge is -2.20. The van der Waals surface area contributed by atoms with Crippen LogP contribution in [-0.4, -0.2) is 27.0 Å². The Morgan fingerprint density at radius 1 is 1.23 bits per heavy atom. The molecule has 0 fully saturated rings. The molecule has 8 heteroatoms. The number of benzene rings is 2. The van der Waals surface area contributed by atoms with Crippen LogP contribution >= 0.6 is 23.7 Å². The van der Waals surface area contributed by atoms with Gasteiger partial charge in [0.05, 0.1) is 16.5 Å². The maximum Gasteiger partial charge on any atom is 0.260 e. The summed E-state index contributed by atoms with van der Waals surface area (Å²) in [6, 6.07) is 9.90. The van der Waals surface area contributed by atoms with Crippen molar-refractivity contribution in [3.8, 4) is 0 Å². The van der Waals surface area contributed by atoms with Crippen LogP contribution in [0.15, 0.2) is 55.1 Å². The molecule has 5 nitrogen and oxygen atoms in total. The Bertz CT molecular complexity index is 1160. The highest BCUT2D eigenvalue weighted by atomic mass is 35.5. The first-order chi connectivity index (χ1) is 14.0. The standard InChI is InChI=1S/C22H21FN4OS.ClH/c1-15-7-8-19-20(16(15)2)25-22(29-19)27(11-4-10-26-12-9-24-14-26)21(28)17-5-3-6-18(23)13-17;/h3,5-9,12-14H,4,10-11H2,1-2H3;1H. The van der Waals surface area contributed by atoms with Gasteiger partial charge in [0.25, 0.3) is 5.91 Å². The van der Waals surface area contributed by atoms with E-state index >= 15 is 0 Å². The Labute approximate surface area is 184 Å². The number of rotatable bonds is 6. The highest BCUT2D eigenvalue weighted by Gasteiger charge is 2.22. The van der Waals surface area contributed by atoms with E-state index in [0.717, 1.165) is 34.3 Å². The molecule has 2 aromatic heterocycles. The molecule has 0 spiro atoms. The summed E-state index contributed by atoms with van der Waals surface area (Å²) >= 11 is 1.48. The smallest absolute Gasteiger partial charge is 0.260 e. The maximum absolute atomic E-state index is 13.7. The van der Waals surface area contributed by atoms with E-state index in [1.807, 2.05) is 23.8 Å². The van der Waals surface area contributed by atoms with Crippen molar-refractivity contribution in [3.05, 3.63) is 77.6 Å². The zero-order valence-corrected chi connectivity index (χ0v) is 18.3. The molecule has 2 heterocycles. The molecule has 30 heavy (non-hydrogen) atoms. The molecule has 0 unspecified atom stereocenters. The zero-order chi connectivity index (χ0) is 20.4. The van der Waals surface area contributed by atoms with Crippen molar-refractivity contribution in [1.29, 1.82) is 0 Å². The second-order valence-corrected chi connectivity index (χ2v) is 7.98. The molecule has 156 valence electrons. The van der Waals surface area contributed by atoms with Gasteiger partial charge in [-0.05, 0) is 55.7 Å². The number of nitrogens with zero attached hydrogens (tertiary/aromatic N) is 4. The van der Waals surface area contributed by atoms with Gasteiger partial charge in [0, 0.05) is 31.0 Å². The van der Waals surface area contributed by atoms with E-state index in [2.05, 4.69) is 18.0 Å². The van der Waals surface area contributed by atoms with Gasteiger partial charge in [0.2, 0.25) is 0 Å². The number of carbonyl (C=O) groups is 1. The second kappa shape index (κ2) is 9.36. The molecule has 0 aliphatic carbocycles. The van der Waals surface area contributed by atoms with Crippen LogP contribution in [0.3, 0.4) is 0 Å². The highest BCUT2D eigenvalue weighted by Crippen LogP contribution is 2.32. The number of amides is 1. The van der Waals surface area contributed by atoms with Crippen LogP contribution in [0.1, 0.15) is 27.9 Å². The summed E-state index contributed by atoms with van der Waals surface area (Å²) in [6.45, 7) is 5.30. The fourth-order valence-corrected chi connectivity index (χ4v) is 4.27. The summed E-state index contributed by atoms with van der Waals surface area (Å²) in [5.41, 5.74) is 3.51. The van der Waals surface area contributed by atoms with E-state index < -0.39 is 5.82 Å². The van der Waals surface area contributed by atoms with Crippen LogP contribution in [0, 0.1) is 19.7 Å². The molecule has 1 amide bonds. The third-order valence-electron chi connectivity index (χ3n) is 4.98. The first-order valence-corrected chi connectivity index (χ1v) is 10.2. The van der Waals surface area contributed by atoms with E-state index in [0.29, 0.717) is 17.2 Å². The lowest BCUT2D eigenvalue weighted by molar-refractivity contribution is 0.0986. The van der Waals surface area contributed by atoms with Gasteiger partial charge in [-0.2, -0.15) is 0 Å². The zero-order valence-electron chi connectivity index (χ0n) is 16.7. The number of carbonyl (C=O) groups excluding carboxylic acids is 1. The van der Waals surface area contributed by atoms with Crippen LogP contribution < -0.4 is 4.90 Å². The molecule has 0 atom stereocenters. The van der Waals surface area contributed by atoms with Gasteiger partial charge < -0.3 is 4.57 Å². The Morgan fingerprint density at radius 2 is 2.07 bits per heavy atom. The van der Waals surface area contributed by atoms with E-state index in [4.69, 9.17) is 4.98 Å². The van der Waals surface area contributed by atoms with Gasteiger partial charge in [0.1, 0.15) is 5.82 Å². The van der Waals surface area contributed by atoms with Crippen LogP contribution in [0.5, 0.6) is 0 Å². The molecule has 0 saturated carbocycles. The van der Waals surface area contributed by atoms with Crippen LogP contribution in [0.25, 0.3) is 10.2 Å². The summed E-state index contributed by atoms with van der Waals surface area (Å²) in [7, 11) is 0. The monoisotopic (exact) mass is 444 g/mol. The van der Waals surface area contributed by atoms with E-state index in [9.17, 15) is 9.18 Å². The number of fused-ring (bicyclic) bond motifs is 1. The minimum Gasteiger partial charge on any atom is -0.337 e. The molecule has 0 bridgehead atoms. The number of aryl methyl sites for hydroxylation is 3. The first kappa shape index (κ1) is 21.9. The van der Waals surface area contributed by atoms with Crippen molar-refractivity contribution in [3.63, 3.8) is 0 Å². The fourth-order valence-electron chi connectivity index (χ4n) is 3.22. The largest absolute Gasteiger partial charge is 0.337 e. The fraction of sp³-hybridized carbons (Fsp3) is 0.227. The van der Waals surface area contributed by atoms with Crippen molar-refractivity contribution in [2.24, 2.45) is 0 Å². The number of halogens is 2. The number of aromatic nitrogens is 3. The van der Waals surface area contributed by atoms with E-state index in [-0.39, 0.29) is 18.3 Å². The molecule has 0 aliphatic rings. The molecule has 4 rings (SSSR count). The number of anilines is 1. The van der Waals surface area contributed by atoms with Crippen molar-refractivity contribution in [2.75, 3.05) is 11.4 Å². The number of thiazole rings is 1. The Morgan fingerprint density at radius 3 is 2.80 bits per heavy atom. The summed E-state index contributed by atoms with van der Waals surface area (Å²) in [5, 5.41) is 0.633. The SMILES string of the molecule is Cc1ccc2sc(N(CCCn3ccnc3)C(=O)c3cccc(F)c3)nc2c1C.Cl. The summed E-state index contributed by atoms with van der Waals surface area (Å²) in [4.78, 5) is 23.7. The third kappa shape index (κ3) is 4.52. The first-order valence-electron chi connectivity index (χ1n) is 9.43. The predicted molar refractivity (Wildman–Crippen MR) is 121 cm³/mol. The lowest BCUT2D eigenvalue weighted by Crippen LogP contribution is -2.32. The quantitative estimate of drug-likeness (QED) is 0.399. The number of imidazole rings is 1. The third-order valence-corrected chi connectivity index (χ3v) is 6.02. The molecule has 2 aromatic carbocycles. The van der Waals surface area contributed by atoms with E-state index in [1.54, 1.807) is 29.6 Å². The second-order valence-electron chi connectivity index (χ2n) is 6.97. The number of hydrogen-bond donors (Lipinski definition) is 0. The minimum absolute atomic E-state index is 0. The van der Waals surface area contributed by atoms with Crippen molar-refractivity contribution < 1.29 is 9.18 Å². The van der Waals surface area contributed by atoms with Gasteiger partial charge in [0.15, 0.2) is 5.13 Å². The van der Waals surface area contributed by atoms with Gasteiger partial charge in [-0.3, -0.25) is 9.69 Å². The minimum atomic E-state index is -0.426. The van der Waals surface area contributed by atoms with Gasteiger partial charge in [-0.25, -0.2) is 14.4 Å². The van der Waals surface area contributed by atoms with Gasteiger partial charge in [-0.15, -0.1) is 12.4 Å². The normalized spacial score (nSPS) is 10.8. The summed E-state index contributed by atoms with van der Waals surface area (Å²) in [6.07, 6.45) is 6.10. The van der Waals surface area contributed by atoms with Crippen LogP contribution in [0.2, 0.25) is 0 Å². The van der Waals surface area contributed by atoms with Crippen molar-refractivity contribution >= 4 is 45.0 Å². The molecule has 0 saturated heterocycles. The average molecular weight is 445 g/mol. The average Bonchev–Trinajstić information content (AvgIpc) is 3.38. The van der Waals surface area contributed by atoms with Gasteiger partial charge >= 0.3 is 0 Å². The topological polar surface area (TPSA) is 51.0 Å². The van der Waals surface area contributed by atoms with Crippen molar-refractivity contribution in [2.45, 2.75) is 26.8 Å². The molecular weight excluding hydrogens is 423 g/mol. The van der Waals surface area contributed by atoms with Crippen LogP contribution in [-0.2, 0) is 6.54 Å². The molecular formula is C22H22ClFN4OS. The molecule has 0 N–H and O–H groups in total. The maximum atomic E-state index is 13.7. The van der Waals surface area contributed by atoms with Crippen LogP contribution in [0.4, 0.5) is 9.52 Å². The molecule has 0 radical (unpaired) electrons. The Hall–Kier alpha value is -2.77. The van der Waals surface area contributed by atoms with Crippen molar-refractivity contribution in [1.82, 2.24) is 14.5 Å². The summed E-state index contributed by atoms with van der Waals surface area (Å²) in [5.74, 6) is -0.673. The predicted octanol–water partition coefficient (Wildman–Crippen LogP) is 5.41. The van der Waals surface area contributed by atoms with E-state index in [1.165, 1.54) is 23.5 Å². The number of hydrogen-bond acceptors (Lipinski definition) is 4. The Balaban J connectivity index is 0.00000256. The van der Waals surface area contributed by atoms with Gasteiger partial charge in [-0.1, -0.05) is 23.5 Å². The molecule has 0 aliphatic heterocycles.